The minimum atomic E-state index is -0.0573. The highest BCUT2D eigenvalue weighted by Crippen LogP contribution is 2.28. The fourth-order valence-corrected chi connectivity index (χ4v) is 3.48. The standard InChI is InChI=1S/C22H28N4O2.HI/c1-23-22(25-14-13-24-21(27)18-6-4-3-5-7-18)26-15-12-19(16-26)17-8-10-20(28-2)11-9-17;/h3-11,19H,12-16H2,1-2H3,(H,23,25)(H,24,27);1H. The SMILES string of the molecule is CN=C(NCCNC(=O)c1ccccc1)N1CCC(c2ccc(OC)cc2)C1.I. The topological polar surface area (TPSA) is 66.0 Å². The van der Waals surface area contributed by atoms with Gasteiger partial charge in [0.2, 0.25) is 0 Å². The number of hydrogen-bond donors (Lipinski definition) is 2. The Hall–Kier alpha value is -2.29. The summed E-state index contributed by atoms with van der Waals surface area (Å²) in [6.07, 6.45) is 1.10. The third-order valence-corrected chi connectivity index (χ3v) is 5.02. The smallest absolute Gasteiger partial charge is 0.251 e. The maximum atomic E-state index is 12.1. The molecular weight excluding hydrogens is 479 g/mol. The number of carbonyl (C=O) groups excluding carboxylic acids is 1. The summed E-state index contributed by atoms with van der Waals surface area (Å²) < 4.78 is 5.24. The molecule has 1 heterocycles. The Morgan fingerprint density at radius 2 is 1.79 bits per heavy atom. The number of halogens is 1. The molecule has 0 radical (unpaired) electrons. The Balaban J connectivity index is 0.00000300. The van der Waals surface area contributed by atoms with Crippen molar-refractivity contribution in [2.24, 2.45) is 4.99 Å². The molecule has 2 N–H and O–H groups in total. The van der Waals surface area contributed by atoms with Crippen molar-refractivity contribution in [3.63, 3.8) is 0 Å². The lowest BCUT2D eigenvalue weighted by Gasteiger charge is -2.22. The van der Waals surface area contributed by atoms with E-state index in [1.165, 1.54) is 5.56 Å². The Morgan fingerprint density at radius 3 is 2.45 bits per heavy atom. The zero-order valence-electron chi connectivity index (χ0n) is 16.9. The Kier molecular flexibility index (Phi) is 9.24. The van der Waals surface area contributed by atoms with Crippen molar-refractivity contribution >= 4 is 35.8 Å². The second kappa shape index (κ2) is 11.6. The number of methoxy groups -OCH3 is 1. The monoisotopic (exact) mass is 508 g/mol. The van der Waals surface area contributed by atoms with Crippen molar-refractivity contribution < 1.29 is 9.53 Å². The van der Waals surface area contributed by atoms with Crippen LogP contribution in [0.3, 0.4) is 0 Å². The van der Waals surface area contributed by atoms with Crippen LogP contribution in [0.5, 0.6) is 5.75 Å². The van der Waals surface area contributed by atoms with Gasteiger partial charge in [0.05, 0.1) is 7.11 Å². The second-order valence-corrected chi connectivity index (χ2v) is 6.80. The van der Waals surface area contributed by atoms with E-state index in [9.17, 15) is 4.79 Å². The Labute approximate surface area is 189 Å². The predicted octanol–water partition coefficient (Wildman–Crippen LogP) is 3.11. The van der Waals surface area contributed by atoms with Gasteiger partial charge >= 0.3 is 0 Å². The first-order valence-corrected chi connectivity index (χ1v) is 9.64. The van der Waals surface area contributed by atoms with E-state index < -0.39 is 0 Å². The van der Waals surface area contributed by atoms with Gasteiger partial charge < -0.3 is 20.3 Å². The minimum Gasteiger partial charge on any atom is -0.497 e. The van der Waals surface area contributed by atoms with Crippen molar-refractivity contribution in [1.82, 2.24) is 15.5 Å². The Bertz CT molecular complexity index is 796. The Morgan fingerprint density at radius 1 is 1.10 bits per heavy atom. The molecule has 2 aromatic rings. The van der Waals surface area contributed by atoms with Crippen LogP contribution in [-0.4, -0.2) is 57.1 Å². The molecule has 1 aliphatic rings. The normalized spacial score (nSPS) is 16.1. The predicted molar refractivity (Wildman–Crippen MR) is 127 cm³/mol. The number of carbonyl (C=O) groups is 1. The highest BCUT2D eigenvalue weighted by molar-refractivity contribution is 14.0. The largest absolute Gasteiger partial charge is 0.497 e. The van der Waals surface area contributed by atoms with E-state index in [1.807, 2.05) is 42.5 Å². The lowest BCUT2D eigenvalue weighted by Crippen LogP contribution is -2.43. The summed E-state index contributed by atoms with van der Waals surface area (Å²) in [6.45, 7) is 3.08. The molecule has 1 atom stereocenters. The van der Waals surface area contributed by atoms with Crippen molar-refractivity contribution in [2.45, 2.75) is 12.3 Å². The molecule has 0 spiro atoms. The molecule has 1 amide bonds. The van der Waals surface area contributed by atoms with Crippen molar-refractivity contribution in [3.8, 4) is 5.75 Å². The summed E-state index contributed by atoms with van der Waals surface area (Å²) in [6, 6.07) is 17.6. The third-order valence-electron chi connectivity index (χ3n) is 5.02. The maximum Gasteiger partial charge on any atom is 0.251 e. The molecule has 7 heteroatoms. The average Bonchev–Trinajstić information content (AvgIpc) is 3.24. The highest BCUT2D eigenvalue weighted by Gasteiger charge is 2.25. The van der Waals surface area contributed by atoms with Crippen LogP contribution in [-0.2, 0) is 0 Å². The number of hydrogen-bond acceptors (Lipinski definition) is 3. The van der Waals surface area contributed by atoms with Gasteiger partial charge in [-0.05, 0) is 36.2 Å². The van der Waals surface area contributed by atoms with Crippen LogP contribution in [0.15, 0.2) is 59.6 Å². The van der Waals surface area contributed by atoms with Gasteiger partial charge in [0, 0.05) is 44.7 Å². The average molecular weight is 508 g/mol. The molecule has 0 bridgehead atoms. The maximum absolute atomic E-state index is 12.1. The minimum absolute atomic E-state index is 0. The fraction of sp³-hybridized carbons (Fsp3) is 0.364. The molecule has 1 fully saturated rings. The van der Waals surface area contributed by atoms with Gasteiger partial charge in [-0.25, -0.2) is 0 Å². The molecule has 6 nitrogen and oxygen atoms in total. The molecule has 1 aliphatic heterocycles. The van der Waals surface area contributed by atoms with Crippen LogP contribution < -0.4 is 15.4 Å². The molecule has 0 aliphatic carbocycles. The zero-order chi connectivity index (χ0) is 19.8. The first-order chi connectivity index (χ1) is 13.7. The lowest BCUT2D eigenvalue weighted by molar-refractivity contribution is 0.0954. The molecule has 2 aromatic carbocycles. The number of nitrogens with zero attached hydrogens (tertiary/aromatic N) is 2. The van der Waals surface area contributed by atoms with E-state index in [2.05, 4.69) is 32.7 Å². The van der Waals surface area contributed by atoms with Gasteiger partial charge in [0.1, 0.15) is 5.75 Å². The number of benzene rings is 2. The fourth-order valence-electron chi connectivity index (χ4n) is 3.48. The number of nitrogens with one attached hydrogen (secondary N) is 2. The van der Waals surface area contributed by atoms with Crippen molar-refractivity contribution in [2.75, 3.05) is 40.3 Å². The van der Waals surface area contributed by atoms with E-state index in [0.29, 0.717) is 24.6 Å². The highest BCUT2D eigenvalue weighted by atomic mass is 127. The summed E-state index contributed by atoms with van der Waals surface area (Å²) in [4.78, 5) is 18.7. The van der Waals surface area contributed by atoms with E-state index in [1.54, 1.807) is 14.2 Å². The summed E-state index contributed by atoms with van der Waals surface area (Å²) in [7, 11) is 3.48. The van der Waals surface area contributed by atoms with E-state index >= 15 is 0 Å². The number of likely N-dealkylation sites (tertiary alicyclic amines) is 1. The summed E-state index contributed by atoms with van der Waals surface area (Å²) >= 11 is 0. The van der Waals surface area contributed by atoms with Crippen LogP contribution in [0.4, 0.5) is 0 Å². The number of aliphatic imine (C=N–C) groups is 1. The molecule has 156 valence electrons. The summed E-state index contributed by atoms with van der Waals surface area (Å²) in [5.74, 6) is 2.19. The summed E-state index contributed by atoms with van der Waals surface area (Å²) in [5.41, 5.74) is 2.00. The van der Waals surface area contributed by atoms with E-state index in [4.69, 9.17) is 4.74 Å². The van der Waals surface area contributed by atoms with Crippen LogP contribution in [0.2, 0.25) is 0 Å². The molecule has 0 aromatic heterocycles. The summed E-state index contributed by atoms with van der Waals surface area (Å²) in [5, 5.41) is 6.28. The van der Waals surface area contributed by atoms with Crippen LogP contribution in [0, 0.1) is 0 Å². The number of ether oxygens (including phenoxy) is 1. The van der Waals surface area contributed by atoms with Gasteiger partial charge in [-0.3, -0.25) is 9.79 Å². The first-order valence-electron chi connectivity index (χ1n) is 9.64. The molecular formula is C22H29IN4O2. The van der Waals surface area contributed by atoms with Crippen LogP contribution >= 0.6 is 24.0 Å². The van der Waals surface area contributed by atoms with Crippen molar-refractivity contribution in [3.05, 3.63) is 65.7 Å². The molecule has 0 saturated carbocycles. The number of guanidine groups is 1. The molecule has 1 unspecified atom stereocenters. The van der Waals surface area contributed by atoms with Crippen LogP contribution in [0.1, 0.15) is 28.3 Å². The number of rotatable bonds is 6. The first kappa shape index (κ1) is 23.0. The van der Waals surface area contributed by atoms with E-state index in [0.717, 1.165) is 31.2 Å². The molecule has 3 rings (SSSR count). The van der Waals surface area contributed by atoms with Gasteiger partial charge in [0.25, 0.3) is 5.91 Å². The quantitative estimate of drug-likeness (QED) is 0.273. The number of amides is 1. The van der Waals surface area contributed by atoms with E-state index in [-0.39, 0.29) is 29.9 Å². The zero-order valence-corrected chi connectivity index (χ0v) is 19.3. The van der Waals surface area contributed by atoms with Gasteiger partial charge in [-0.1, -0.05) is 30.3 Å². The molecule has 29 heavy (non-hydrogen) atoms. The van der Waals surface area contributed by atoms with Gasteiger partial charge in [0.15, 0.2) is 5.96 Å². The van der Waals surface area contributed by atoms with Crippen LogP contribution in [0.25, 0.3) is 0 Å². The third kappa shape index (κ3) is 6.35. The van der Waals surface area contributed by atoms with Gasteiger partial charge in [-0.2, -0.15) is 0 Å². The lowest BCUT2D eigenvalue weighted by atomic mass is 9.98. The van der Waals surface area contributed by atoms with Crippen molar-refractivity contribution in [1.29, 1.82) is 0 Å². The van der Waals surface area contributed by atoms with Gasteiger partial charge in [-0.15, -0.1) is 24.0 Å². The molecule has 1 saturated heterocycles. The second-order valence-electron chi connectivity index (χ2n) is 6.80.